The van der Waals surface area contributed by atoms with Gasteiger partial charge in [0.1, 0.15) is 5.69 Å². The summed E-state index contributed by atoms with van der Waals surface area (Å²) in [6.07, 6.45) is 0. The SMILES string of the molecule is C=C(C#Cc1ccc2nc(C)c(C)n2n1)N(C)CC(=N)c1ccccc1. The fourth-order valence-electron chi connectivity index (χ4n) is 2.52. The van der Waals surface area contributed by atoms with E-state index in [9.17, 15) is 0 Å². The lowest BCUT2D eigenvalue weighted by Gasteiger charge is -2.18. The molecular weight excluding hydrogens is 322 g/mol. The summed E-state index contributed by atoms with van der Waals surface area (Å²) in [5.74, 6) is 6.08. The zero-order valence-corrected chi connectivity index (χ0v) is 15.2. The molecule has 0 radical (unpaired) electrons. The van der Waals surface area contributed by atoms with Crippen LogP contribution in [0.25, 0.3) is 5.65 Å². The molecule has 5 nitrogen and oxygen atoms in total. The average Bonchev–Trinajstić information content (AvgIpc) is 2.94. The molecule has 0 aliphatic carbocycles. The van der Waals surface area contributed by atoms with Gasteiger partial charge in [0.15, 0.2) is 5.65 Å². The quantitative estimate of drug-likeness (QED) is 0.584. The van der Waals surface area contributed by atoms with Crippen molar-refractivity contribution in [1.82, 2.24) is 19.5 Å². The highest BCUT2D eigenvalue weighted by molar-refractivity contribution is 5.99. The van der Waals surface area contributed by atoms with Crippen molar-refractivity contribution in [2.24, 2.45) is 0 Å². The highest BCUT2D eigenvalue weighted by atomic mass is 15.3. The van der Waals surface area contributed by atoms with Crippen molar-refractivity contribution >= 4 is 11.4 Å². The first-order valence-corrected chi connectivity index (χ1v) is 8.33. The van der Waals surface area contributed by atoms with E-state index in [1.54, 1.807) is 4.52 Å². The molecule has 0 unspecified atom stereocenters. The zero-order valence-electron chi connectivity index (χ0n) is 15.2. The molecule has 130 valence electrons. The van der Waals surface area contributed by atoms with Gasteiger partial charge in [-0.05, 0) is 43.4 Å². The van der Waals surface area contributed by atoms with Crippen LogP contribution in [0.2, 0.25) is 0 Å². The Morgan fingerprint density at radius 1 is 1.19 bits per heavy atom. The normalized spacial score (nSPS) is 10.3. The number of hydrogen-bond acceptors (Lipinski definition) is 4. The number of allylic oxidation sites excluding steroid dienone is 1. The van der Waals surface area contributed by atoms with E-state index >= 15 is 0 Å². The van der Waals surface area contributed by atoms with Crippen LogP contribution in [0.15, 0.2) is 54.7 Å². The van der Waals surface area contributed by atoms with Gasteiger partial charge in [-0.2, -0.15) is 5.10 Å². The molecule has 0 bridgehead atoms. The van der Waals surface area contributed by atoms with Gasteiger partial charge < -0.3 is 10.3 Å². The van der Waals surface area contributed by atoms with E-state index in [0.29, 0.717) is 23.6 Å². The van der Waals surface area contributed by atoms with Crippen LogP contribution >= 0.6 is 0 Å². The topological polar surface area (TPSA) is 57.3 Å². The predicted octanol–water partition coefficient (Wildman–Crippen LogP) is 3.21. The van der Waals surface area contributed by atoms with Crippen molar-refractivity contribution in [2.75, 3.05) is 13.6 Å². The number of nitrogens with one attached hydrogen (secondary N) is 1. The number of aryl methyl sites for hydroxylation is 2. The summed E-state index contributed by atoms with van der Waals surface area (Å²) in [6, 6.07) is 13.4. The molecule has 5 heteroatoms. The number of benzene rings is 1. The third kappa shape index (κ3) is 3.65. The smallest absolute Gasteiger partial charge is 0.154 e. The number of aromatic nitrogens is 3. The van der Waals surface area contributed by atoms with Gasteiger partial charge in [-0.1, -0.05) is 36.9 Å². The van der Waals surface area contributed by atoms with Gasteiger partial charge in [0.05, 0.1) is 29.3 Å². The molecule has 0 aliphatic rings. The Morgan fingerprint density at radius 2 is 1.92 bits per heavy atom. The van der Waals surface area contributed by atoms with Crippen LogP contribution in [-0.2, 0) is 0 Å². The Labute approximate surface area is 153 Å². The lowest BCUT2D eigenvalue weighted by Crippen LogP contribution is -2.24. The molecule has 2 heterocycles. The Balaban J connectivity index is 1.72. The Kier molecular flexibility index (Phi) is 4.85. The van der Waals surface area contributed by atoms with Gasteiger partial charge in [0.2, 0.25) is 0 Å². The number of likely N-dealkylation sites (N-methyl/N-ethyl adjacent to an activating group) is 1. The summed E-state index contributed by atoms with van der Waals surface area (Å²) < 4.78 is 1.80. The number of fused-ring (bicyclic) bond motifs is 1. The van der Waals surface area contributed by atoms with Gasteiger partial charge in [0.25, 0.3) is 0 Å². The molecule has 0 amide bonds. The van der Waals surface area contributed by atoms with Crippen molar-refractivity contribution in [3.63, 3.8) is 0 Å². The van der Waals surface area contributed by atoms with Crippen LogP contribution in [0, 0.1) is 31.1 Å². The van der Waals surface area contributed by atoms with Crippen LogP contribution in [0.5, 0.6) is 0 Å². The monoisotopic (exact) mass is 343 g/mol. The zero-order chi connectivity index (χ0) is 18.7. The summed E-state index contributed by atoms with van der Waals surface area (Å²) in [7, 11) is 1.88. The molecule has 0 atom stereocenters. The van der Waals surface area contributed by atoms with Crippen LogP contribution in [0.4, 0.5) is 0 Å². The highest BCUT2D eigenvalue weighted by Gasteiger charge is 2.07. The van der Waals surface area contributed by atoms with Gasteiger partial charge in [0, 0.05) is 7.05 Å². The minimum Gasteiger partial charge on any atom is -0.362 e. The van der Waals surface area contributed by atoms with E-state index in [0.717, 1.165) is 22.6 Å². The minimum absolute atomic E-state index is 0.448. The predicted molar refractivity (Wildman–Crippen MR) is 104 cm³/mol. The van der Waals surface area contributed by atoms with Crippen molar-refractivity contribution in [3.8, 4) is 11.8 Å². The molecule has 0 spiro atoms. The first kappa shape index (κ1) is 17.4. The molecule has 3 rings (SSSR count). The van der Waals surface area contributed by atoms with E-state index in [1.165, 1.54) is 0 Å². The number of hydrogen-bond donors (Lipinski definition) is 1. The van der Waals surface area contributed by atoms with E-state index < -0.39 is 0 Å². The minimum atomic E-state index is 0.448. The Hall–Kier alpha value is -3.39. The maximum absolute atomic E-state index is 8.21. The average molecular weight is 343 g/mol. The molecule has 2 aromatic heterocycles. The molecule has 0 fully saturated rings. The second kappa shape index (κ2) is 7.24. The van der Waals surface area contributed by atoms with E-state index in [2.05, 4.69) is 28.5 Å². The molecule has 0 saturated carbocycles. The Bertz CT molecular complexity index is 1030. The van der Waals surface area contributed by atoms with Crippen molar-refractivity contribution < 1.29 is 0 Å². The first-order valence-electron chi connectivity index (χ1n) is 8.33. The maximum atomic E-state index is 8.21. The lowest BCUT2D eigenvalue weighted by molar-refractivity contribution is 0.499. The summed E-state index contributed by atoms with van der Waals surface area (Å²) in [5, 5.41) is 12.7. The van der Waals surface area contributed by atoms with Crippen molar-refractivity contribution in [3.05, 3.63) is 77.4 Å². The lowest BCUT2D eigenvalue weighted by atomic mass is 10.1. The van der Waals surface area contributed by atoms with Gasteiger partial charge in [-0.3, -0.25) is 0 Å². The van der Waals surface area contributed by atoms with Crippen LogP contribution < -0.4 is 0 Å². The van der Waals surface area contributed by atoms with Gasteiger partial charge in [-0.25, -0.2) is 9.50 Å². The summed E-state index contributed by atoms with van der Waals surface area (Å²) in [4.78, 5) is 6.31. The second-order valence-electron chi connectivity index (χ2n) is 6.17. The molecule has 3 aromatic rings. The molecule has 1 aromatic carbocycles. The highest BCUT2D eigenvalue weighted by Crippen LogP contribution is 2.09. The summed E-state index contributed by atoms with van der Waals surface area (Å²) in [6.45, 7) is 8.41. The van der Waals surface area contributed by atoms with Crippen LogP contribution in [0.1, 0.15) is 22.6 Å². The fourth-order valence-corrected chi connectivity index (χ4v) is 2.52. The summed E-state index contributed by atoms with van der Waals surface area (Å²) >= 11 is 0. The van der Waals surface area contributed by atoms with E-state index in [4.69, 9.17) is 5.41 Å². The van der Waals surface area contributed by atoms with Gasteiger partial charge >= 0.3 is 0 Å². The third-order valence-corrected chi connectivity index (χ3v) is 4.25. The third-order valence-electron chi connectivity index (χ3n) is 4.25. The molecule has 1 N–H and O–H groups in total. The molecule has 0 saturated heterocycles. The Morgan fingerprint density at radius 3 is 2.65 bits per heavy atom. The summed E-state index contributed by atoms with van der Waals surface area (Å²) in [5.41, 5.74) is 5.52. The fraction of sp³-hybridized carbons (Fsp3) is 0.190. The maximum Gasteiger partial charge on any atom is 0.154 e. The van der Waals surface area contributed by atoms with E-state index in [-0.39, 0.29) is 0 Å². The number of nitrogens with zero attached hydrogens (tertiary/aromatic N) is 4. The standard InChI is InChI=1S/C21H21N5/c1-15(25(4)14-20(22)18-8-6-5-7-9-18)10-11-19-12-13-21-23-16(2)17(3)26(21)24-19/h5-9,12-13,22H,1,14H2,2-4H3. The number of imidazole rings is 1. The van der Waals surface area contributed by atoms with Crippen LogP contribution in [0.3, 0.4) is 0 Å². The van der Waals surface area contributed by atoms with Crippen LogP contribution in [-0.4, -0.2) is 38.8 Å². The van der Waals surface area contributed by atoms with E-state index in [1.807, 2.05) is 68.3 Å². The van der Waals surface area contributed by atoms with Crippen molar-refractivity contribution in [2.45, 2.75) is 13.8 Å². The molecular formula is C21H21N5. The largest absolute Gasteiger partial charge is 0.362 e. The molecule has 26 heavy (non-hydrogen) atoms. The van der Waals surface area contributed by atoms with Crippen molar-refractivity contribution in [1.29, 1.82) is 5.41 Å². The van der Waals surface area contributed by atoms with Gasteiger partial charge in [-0.15, -0.1) is 0 Å². The molecule has 0 aliphatic heterocycles. The number of rotatable bonds is 4. The second-order valence-corrected chi connectivity index (χ2v) is 6.17. The first-order chi connectivity index (χ1) is 12.5.